The van der Waals surface area contributed by atoms with Crippen LogP contribution >= 0.6 is 31.9 Å². The molecule has 3 rings (SSSR count). The summed E-state index contributed by atoms with van der Waals surface area (Å²) >= 11 is 6.59. The van der Waals surface area contributed by atoms with E-state index in [1.54, 1.807) is 12.1 Å². The van der Waals surface area contributed by atoms with Crippen LogP contribution in [0.15, 0.2) is 31.8 Å². The van der Waals surface area contributed by atoms with E-state index in [2.05, 4.69) is 42.9 Å². The fourth-order valence-electron chi connectivity index (χ4n) is 2.72. The normalized spacial score (nSPS) is 14.8. The number of carbonyl (C=O) groups is 1. The fraction of sp³-hybridized carbons (Fsp3) is 0.100. The predicted molar refractivity (Wildman–Crippen MR) is 111 cm³/mol. The van der Waals surface area contributed by atoms with Gasteiger partial charge in [-0.15, -0.1) is 6.42 Å². The van der Waals surface area contributed by atoms with Gasteiger partial charge in [0, 0.05) is 10.0 Å². The highest BCUT2D eigenvalue weighted by atomic mass is 79.9. The minimum absolute atomic E-state index is 0.0204. The molecular weight excluding hydrogens is 555 g/mol. The van der Waals surface area contributed by atoms with Gasteiger partial charge in [0.05, 0.1) is 15.8 Å². The summed E-state index contributed by atoms with van der Waals surface area (Å²) in [6.45, 7) is 1.25. The van der Waals surface area contributed by atoms with E-state index < -0.39 is 40.7 Å². The average Bonchev–Trinajstić information content (AvgIpc) is 2.98. The molecule has 0 unspecified atom stereocenters. The van der Waals surface area contributed by atoms with Crippen LogP contribution in [-0.4, -0.2) is 18.2 Å². The average molecular weight is 564 g/mol. The van der Waals surface area contributed by atoms with Gasteiger partial charge in [0.1, 0.15) is 18.0 Å². The first-order valence-electron chi connectivity index (χ1n) is 8.26. The van der Waals surface area contributed by atoms with Crippen molar-refractivity contribution in [2.75, 3.05) is 11.6 Å². The fourth-order valence-corrected chi connectivity index (χ4v) is 4.10. The van der Waals surface area contributed by atoms with Gasteiger partial charge < -0.3 is 4.74 Å². The van der Waals surface area contributed by atoms with Gasteiger partial charge in [0.25, 0.3) is 5.91 Å². The molecule has 0 atom stereocenters. The van der Waals surface area contributed by atoms with Crippen molar-refractivity contribution in [2.45, 2.75) is 6.92 Å². The quantitative estimate of drug-likeness (QED) is 0.157. The number of carbonyl (C=O) groups excluding carboxylic acids is 1. The lowest BCUT2D eigenvalue weighted by molar-refractivity contribution is -0.114. The molecule has 11 heteroatoms. The second-order valence-corrected chi connectivity index (χ2v) is 7.85. The molecule has 1 aliphatic heterocycles. The Labute approximate surface area is 189 Å². The molecule has 4 nitrogen and oxygen atoms in total. The number of ether oxygens (including phenoxy) is 1. The van der Waals surface area contributed by atoms with Crippen LogP contribution in [0, 0.1) is 41.4 Å². The van der Waals surface area contributed by atoms with E-state index in [1.165, 1.54) is 13.0 Å². The maximum Gasteiger partial charge on any atom is 0.280 e. The molecule has 0 radical (unpaired) electrons. The van der Waals surface area contributed by atoms with Crippen LogP contribution in [0.1, 0.15) is 12.5 Å². The zero-order valence-corrected chi connectivity index (χ0v) is 18.5. The minimum Gasteiger partial charge on any atom is -0.479 e. The van der Waals surface area contributed by atoms with Crippen LogP contribution in [0.4, 0.5) is 27.6 Å². The summed E-state index contributed by atoms with van der Waals surface area (Å²) in [7, 11) is 0. The molecule has 0 fully saturated rings. The predicted octanol–water partition coefficient (Wildman–Crippen LogP) is 5.73. The molecule has 31 heavy (non-hydrogen) atoms. The Morgan fingerprint density at radius 1 is 1.10 bits per heavy atom. The standard InChI is InChI=1S/C20H9Br2F5N2O2/c1-3-4-31-19-9(5-10(21)7-12(19)22)6-11-8(2)28-29(20(11)30)18-16(26)14(24)13(23)15(25)17(18)27/h1,5-7H,4H2,2H3/b11-6-. The first-order chi connectivity index (χ1) is 14.6. The summed E-state index contributed by atoms with van der Waals surface area (Å²) in [5, 5.41) is 3.82. The third-order valence-corrected chi connectivity index (χ3v) is 5.14. The van der Waals surface area contributed by atoms with Crippen LogP contribution in [0.2, 0.25) is 0 Å². The Morgan fingerprint density at radius 2 is 1.68 bits per heavy atom. The van der Waals surface area contributed by atoms with Crippen molar-refractivity contribution >= 4 is 55.2 Å². The van der Waals surface area contributed by atoms with E-state index in [0.717, 1.165) is 0 Å². The van der Waals surface area contributed by atoms with Gasteiger partial charge in [-0.2, -0.15) is 10.1 Å². The van der Waals surface area contributed by atoms with E-state index in [4.69, 9.17) is 11.2 Å². The maximum absolute atomic E-state index is 14.2. The van der Waals surface area contributed by atoms with Crippen molar-refractivity contribution in [2.24, 2.45) is 5.10 Å². The van der Waals surface area contributed by atoms with E-state index >= 15 is 0 Å². The Balaban J connectivity index is 2.12. The molecule has 1 aliphatic rings. The molecule has 0 N–H and O–H groups in total. The molecule has 0 saturated carbocycles. The molecule has 2 aromatic carbocycles. The molecule has 0 bridgehead atoms. The number of rotatable bonds is 4. The molecule has 2 aromatic rings. The highest BCUT2D eigenvalue weighted by Crippen LogP contribution is 2.37. The first-order valence-corrected chi connectivity index (χ1v) is 9.85. The molecule has 0 aliphatic carbocycles. The molecule has 1 heterocycles. The van der Waals surface area contributed by atoms with E-state index in [9.17, 15) is 26.7 Å². The third-order valence-electron chi connectivity index (χ3n) is 4.10. The number of benzene rings is 2. The number of nitrogens with zero attached hydrogens (tertiary/aromatic N) is 2. The van der Waals surface area contributed by atoms with E-state index in [0.29, 0.717) is 14.5 Å². The largest absolute Gasteiger partial charge is 0.479 e. The Kier molecular flexibility index (Phi) is 6.52. The van der Waals surface area contributed by atoms with Crippen molar-refractivity contribution < 1.29 is 31.5 Å². The number of anilines is 1. The van der Waals surface area contributed by atoms with Crippen LogP contribution in [0.5, 0.6) is 5.75 Å². The summed E-state index contributed by atoms with van der Waals surface area (Å²) in [4.78, 5) is 12.8. The second-order valence-electron chi connectivity index (χ2n) is 6.08. The zero-order valence-electron chi connectivity index (χ0n) is 15.4. The van der Waals surface area contributed by atoms with Crippen LogP contribution in [-0.2, 0) is 4.79 Å². The van der Waals surface area contributed by atoms with E-state index in [1.807, 2.05) is 0 Å². The molecule has 1 amide bonds. The van der Waals surface area contributed by atoms with Crippen molar-refractivity contribution in [3.63, 3.8) is 0 Å². The van der Waals surface area contributed by atoms with Crippen LogP contribution in [0.3, 0.4) is 0 Å². The number of amides is 1. The zero-order chi connectivity index (χ0) is 23.0. The number of hydrogen-bond acceptors (Lipinski definition) is 3. The first kappa shape index (κ1) is 23.0. The maximum atomic E-state index is 14.2. The van der Waals surface area contributed by atoms with Crippen molar-refractivity contribution in [1.29, 1.82) is 0 Å². The minimum atomic E-state index is -2.34. The number of hydrogen-bond donors (Lipinski definition) is 0. The Bertz CT molecular complexity index is 1190. The molecule has 160 valence electrons. The number of halogens is 7. The SMILES string of the molecule is C#CCOc1c(Br)cc(Br)cc1/C=C1\C(=O)N(c2c(F)c(F)c(F)c(F)c2F)N=C1C. The molecular formula is C20H9Br2F5N2O2. The van der Waals surface area contributed by atoms with Gasteiger partial charge in [0.15, 0.2) is 23.3 Å². The highest BCUT2D eigenvalue weighted by Gasteiger charge is 2.37. The van der Waals surface area contributed by atoms with Crippen molar-refractivity contribution in [3.05, 3.63) is 61.3 Å². The number of terminal acetylenes is 1. The smallest absolute Gasteiger partial charge is 0.280 e. The lowest BCUT2D eigenvalue weighted by Crippen LogP contribution is -2.25. The summed E-state index contributed by atoms with van der Waals surface area (Å²) in [6.07, 6.45) is 6.51. The van der Waals surface area contributed by atoms with Crippen molar-refractivity contribution in [3.8, 4) is 18.1 Å². The Hall–Kier alpha value is -2.71. The second kappa shape index (κ2) is 8.80. The Morgan fingerprint density at radius 3 is 2.26 bits per heavy atom. The third kappa shape index (κ3) is 4.09. The monoisotopic (exact) mass is 562 g/mol. The van der Waals surface area contributed by atoms with Gasteiger partial charge in [-0.05, 0) is 41.1 Å². The lowest BCUT2D eigenvalue weighted by Gasteiger charge is -2.15. The van der Waals surface area contributed by atoms with Crippen molar-refractivity contribution in [1.82, 2.24) is 0 Å². The van der Waals surface area contributed by atoms with Gasteiger partial charge in [-0.25, -0.2) is 22.0 Å². The van der Waals surface area contributed by atoms with Gasteiger partial charge in [0.2, 0.25) is 5.82 Å². The van der Waals surface area contributed by atoms with Gasteiger partial charge in [-0.1, -0.05) is 21.9 Å². The van der Waals surface area contributed by atoms with Gasteiger partial charge in [-0.3, -0.25) is 4.79 Å². The topological polar surface area (TPSA) is 41.9 Å². The summed E-state index contributed by atoms with van der Waals surface area (Å²) in [5.41, 5.74) is -1.30. The van der Waals surface area contributed by atoms with Crippen LogP contribution in [0.25, 0.3) is 6.08 Å². The molecule has 0 aromatic heterocycles. The lowest BCUT2D eigenvalue weighted by atomic mass is 10.1. The summed E-state index contributed by atoms with van der Waals surface area (Å²) in [5.74, 6) is -9.60. The molecule has 0 saturated heterocycles. The summed E-state index contributed by atoms with van der Waals surface area (Å²) < 4.78 is 75.4. The highest BCUT2D eigenvalue weighted by molar-refractivity contribution is 9.11. The summed E-state index contributed by atoms with van der Waals surface area (Å²) in [6, 6.07) is 3.23. The van der Waals surface area contributed by atoms with E-state index in [-0.39, 0.29) is 28.7 Å². The molecule has 0 spiro atoms. The van der Waals surface area contributed by atoms with Crippen LogP contribution < -0.4 is 9.75 Å². The number of hydrazone groups is 1. The van der Waals surface area contributed by atoms with Gasteiger partial charge >= 0.3 is 0 Å².